The van der Waals surface area contributed by atoms with Crippen LogP contribution in [0.1, 0.15) is 32.6 Å². The normalized spacial score (nSPS) is 20.5. The van der Waals surface area contributed by atoms with Crippen molar-refractivity contribution >= 4 is 34.3 Å². The Kier molecular flexibility index (Phi) is 5.24. The lowest BCUT2D eigenvalue weighted by atomic mass is 9.86. The second kappa shape index (κ2) is 7.57. The predicted molar refractivity (Wildman–Crippen MR) is 96.0 cm³/mol. The summed E-state index contributed by atoms with van der Waals surface area (Å²) in [6.07, 6.45) is 4.83. The van der Waals surface area contributed by atoms with E-state index in [0.29, 0.717) is 17.1 Å². The van der Waals surface area contributed by atoms with Gasteiger partial charge >= 0.3 is 0 Å². The number of carbonyl (C=O) groups is 1. The van der Waals surface area contributed by atoms with Gasteiger partial charge in [0.05, 0.1) is 5.52 Å². The highest BCUT2D eigenvalue weighted by Gasteiger charge is 2.21. The zero-order valence-corrected chi connectivity index (χ0v) is 14.5. The number of nitrogens with one attached hydrogen (secondary N) is 3. The Labute approximate surface area is 146 Å². The molecule has 0 radical (unpaired) electrons. The molecule has 1 amide bonds. The average molecular weight is 346 g/mol. The van der Waals surface area contributed by atoms with Gasteiger partial charge < -0.3 is 5.32 Å². The number of nitrogens with zero attached hydrogens (tertiary/aromatic N) is 3. The van der Waals surface area contributed by atoms with Crippen molar-refractivity contribution in [2.24, 2.45) is 5.92 Å². The molecule has 1 fully saturated rings. The molecule has 1 saturated carbocycles. The summed E-state index contributed by atoms with van der Waals surface area (Å²) in [5, 5.41) is 11.8. The van der Waals surface area contributed by atoms with Crippen LogP contribution in [0.25, 0.3) is 11.0 Å². The van der Waals surface area contributed by atoms with Crippen molar-refractivity contribution in [3.8, 4) is 0 Å². The average Bonchev–Trinajstić information content (AvgIpc) is 2.98. The molecule has 2 atom stereocenters. The molecule has 1 aliphatic rings. The van der Waals surface area contributed by atoms with Gasteiger partial charge in [0.1, 0.15) is 12.1 Å². The van der Waals surface area contributed by atoms with E-state index in [0.717, 1.165) is 17.5 Å². The van der Waals surface area contributed by atoms with Gasteiger partial charge in [-0.3, -0.25) is 15.6 Å². The van der Waals surface area contributed by atoms with E-state index in [4.69, 9.17) is 12.2 Å². The van der Waals surface area contributed by atoms with Crippen LogP contribution in [0.5, 0.6) is 0 Å². The molecule has 1 aliphatic carbocycles. The summed E-state index contributed by atoms with van der Waals surface area (Å²) >= 11 is 5.26. The van der Waals surface area contributed by atoms with E-state index in [9.17, 15) is 4.79 Å². The molecule has 1 heterocycles. The Morgan fingerprint density at radius 2 is 2.08 bits per heavy atom. The van der Waals surface area contributed by atoms with Gasteiger partial charge in [-0.15, -0.1) is 5.10 Å². The van der Waals surface area contributed by atoms with Crippen LogP contribution in [0.3, 0.4) is 0 Å². The van der Waals surface area contributed by atoms with Crippen molar-refractivity contribution in [1.82, 2.24) is 31.2 Å². The molecule has 0 aliphatic heterocycles. The minimum Gasteiger partial charge on any atom is -0.358 e. The lowest BCUT2D eigenvalue weighted by molar-refractivity contribution is -0.122. The summed E-state index contributed by atoms with van der Waals surface area (Å²) in [6, 6.07) is 7.89. The molecule has 3 rings (SSSR count). The molecule has 8 heteroatoms. The Bertz CT molecular complexity index is 730. The van der Waals surface area contributed by atoms with E-state index in [1.54, 1.807) is 4.68 Å². The van der Waals surface area contributed by atoms with Crippen LogP contribution in [0.2, 0.25) is 0 Å². The van der Waals surface area contributed by atoms with Gasteiger partial charge in [0.15, 0.2) is 5.11 Å². The van der Waals surface area contributed by atoms with Crippen molar-refractivity contribution in [3.05, 3.63) is 24.3 Å². The smallest absolute Gasteiger partial charge is 0.260 e. The number of aromatic nitrogens is 3. The van der Waals surface area contributed by atoms with Gasteiger partial charge in [-0.05, 0) is 43.1 Å². The number of thiocarbonyl (C=S) groups is 1. The Hall–Kier alpha value is -2.22. The number of fused-ring (bicyclic) bond motifs is 1. The van der Waals surface area contributed by atoms with Gasteiger partial charge in [-0.2, -0.15) is 0 Å². The summed E-state index contributed by atoms with van der Waals surface area (Å²) in [4.78, 5) is 12.1. The lowest BCUT2D eigenvalue weighted by Gasteiger charge is -2.30. The number of hydrazine groups is 1. The summed E-state index contributed by atoms with van der Waals surface area (Å²) in [5.41, 5.74) is 6.97. The second-order valence-electron chi connectivity index (χ2n) is 6.25. The van der Waals surface area contributed by atoms with Crippen LogP contribution < -0.4 is 16.2 Å². The van der Waals surface area contributed by atoms with Crippen LogP contribution in [-0.2, 0) is 11.3 Å². The number of amides is 1. The third kappa shape index (κ3) is 4.00. The number of rotatable bonds is 3. The summed E-state index contributed by atoms with van der Waals surface area (Å²) in [5.74, 6) is 0.363. The predicted octanol–water partition coefficient (Wildman–Crippen LogP) is 1.51. The van der Waals surface area contributed by atoms with Crippen molar-refractivity contribution < 1.29 is 4.79 Å². The highest BCUT2D eigenvalue weighted by atomic mass is 32.1. The molecule has 1 aromatic carbocycles. The summed E-state index contributed by atoms with van der Waals surface area (Å²) in [6.45, 7) is 2.31. The number of hydrogen-bond donors (Lipinski definition) is 3. The largest absolute Gasteiger partial charge is 0.358 e. The fourth-order valence-electron chi connectivity index (χ4n) is 3.07. The minimum absolute atomic E-state index is 0.0793. The summed E-state index contributed by atoms with van der Waals surface area (Å²) < 4.78 is 1.56. The topological polar surface area (TPSA) is 83.9 Å². The molecule has 0 unspecified atom stereocenters. The molecule has 24 heavy (non-hydrogen) atoms. The maximum atomic E-state index is 12.1. The van der Waals surface area contributed by atoms with Crippen LogP contribution in [0.15, 0.2) is 24.3 Å². The first kappa shape index (κ1) is 16.6. The lowest BCUT2D eigenvalue weighted by Crippen LogP contribution is -2.52. The standard InChI is InChI=1S/C16H22N6OS/c1-11-6-2-3-7-12(11)17-16(24)20-19-15(23)10-22-14-9-5-4-8-13(14)18-21-22/h4-5,8-9,11-12H,2-3,6-7,10H2,1H3,(H,19,23)(H2,17,20,24)/t11-,12-/m0/s1. The third-order valence-electron chi connectivity index (χ3n) is 4.46. The van der Waals surface area contributed by atoms with Gasteiger partial charge in [-0.1, -0.05) is 37.1 Å². The molecule has 0 saturated heterocycles. The molecule has 0 spiro atoms. The van der Waals surface area contributed by atoms with Crippen molar-refractivity contribution in [2.45, 2.75) is 45.2 Å². The first-order valence-corrected chi connectivity index (χ1v) is 8.68. The zero-order valence-electron chi connectivity index (χ0n) is 13.7. The van der Waals surface area contributed by atoms with Crippen LogP contribution in [0.4, 0.5) is 0 Å². The van der Waals surface area contributed by atoms with Crippen molar-refractivity contribution in [1.29, 1.82) is 0 Å². The number of hydrogen-bond acceptors (Lipinski definition) is 4. The molecular formula is C16H22N6OS. The van der Waals surface area contributed by atoms with Crippen molar-refractivity contribution in [3.63, 3.8) is 0 Å². The van der Waals surface area contributed by atoms with Gasteiger partial charge in [0.2, 0.25) is 0 Å². The van der Waals surface area contributed by atoms with Gasteiger partial charge in [0, 0.05) is 6.04 Å². The molecule has 1 aromatic heterocycles. The Morgan fingerprint density at radius 3 is 2.92 bits per heavy atom. The van der Waals surface area contributed by atoms with E-state index >= 15 is 0 Å². The highest BCUT2D eigenvalue weighted by Crippen LogP contribution is 2.23. The van der Waals surface area contributed by atoms with Gasteiger partial charge in [0.25, 0.3) is 5.91 Å². The highest BCUT2D eigenvalue weighted by molar-refractivity contribution is 7.80. The van der Waals surface area contributed by atoms with E-state index in [1.807, 2.05) is 24.3 Å². The van der Waals surface area contributed by atoms with E-state index in [-0.39, 0.29) is 12.5 Å². The monoisotopic (exact) mass is 346 g/mol. The summed E-state index contributed by atoms with van der Waals surface area (Å²) in [7, 11) is 0. The van der Waals surface area contributed by atoms with Crippen LogP contribution in [-0.4, -0.2) is 32.1 Å². The first-order chi connectivity index (χ1) is 11.6. The Morgan fingerprint density at radius 1 is 1.29 bits per heavy atom. The molecule has 2 aromatic rings. The number of para-hydroxylation sites is 1. The minimum atomic E-state index is -0.230. The first-order valence-electron chi connectivity index (χ1n) is 8.27. The van der Waals surface area contributed by atoms with E-state index < -0.39 is 0 Å². The van der Waals surface area contributed by atoms with Gasteiger partial charge in [-0.25, -0.2) is 4.68 Å². The fourth-order valence-corrected chi connectivity index (χ4v) is 3.27. The maximum absolute atomic E-state index is 12.1. The number of benzene rings is 1. The van der Waals surface area contributed by atoms with Crippen molar-refractivity contribution in [2.75, 3.05) is 0 Å². The maximum Gasteiger partial charge on any atom is 0.260 e. The molecular weight excluding hydrogens is 324 g/mol. The van der Waals surface area contributed by atoms with E-state index in [2.05, 4.69) is 33.4 Å². The SMILES string of the molecule is C[C@H]1CCCC[C@@H]1NC(=S)NNC(=O)Cn1nnc2ccccc21. The van der Waals surface area contributed by atoms with Crippen LogP contribution >= 0.6 is 12.2 Å². The van der Waals surface area contributed by atoms with E-state index in [1.165, 1.54) is 19.3 Å². The molecule has 0 bridgehead atoms. The molecule has 3 N–H and O–H groups in total. The Balaban J connectivity index is 1.47. The second-order valence-corrected chi connectivity index (χ2v) is 6.66. The van der Waals surface area contributed by atoms with Crippen LogP contribution in [0, 0.1) is 5.92 Å². The zero-order chi connectivity index (χ0) is 16.9. The third-order valence-corrected chi connectivity index (χ3v) is 4.68. The molecule has 7 nitrogen and oxygen atoms in total. The number of carbonyl (C=O) groups excluding carboxylic acids is 1. The quantitative estimate of drug-likeness (QED) is 0.577. The fraction of sp³-hybridized carbons (Fsp3) is 0.500. The molecule has 128 valence electrons.